The van der Waals surface area contributed by atoms with E-state index in [4.69, 9.17) is 5.73 Å². The lowest BCUT2D eigenvalue weighted by Gasteiger charge is -2.11. The summed E-state index contributed by atoms with van der Waals surface area (Å²) >= 11 is 0. The fourth-order valence-corrected chi connectivity index (χ4v) is 1.57. The summed E-state index contributed by atoms with van der Waals surface area (Å²) in [5, 5.41) is 0. The van der Waals surface area contributed by atoms with E-state index < -0.39 is 0 Å². The number of ether oxygens (including phenoxy) is 1. The molecule has 0 bridgehead atoms. The Balaban J connectivity index is 0.00000256. The van der Waals surface area contributed by atoms with Crippen molar-refractivity contribution >= 4 is 18.4 Å². The Morgan fingerprint density at radius 2 is 1.94 bits per heavy atom. The van der Waals surface area contributed by atoms with E-state index in [-0.39, 0.29) is 24.4 Å². The van der Waals surface area contributed by atoms with Crippen LogP contribution in [0.25, 0.3) is 0 Å². The second kappa shape index (κ2) is 8.09. The average Bonchev–Trinajstić information content (AvgIpc) is 2.35. The van der Waals surface area contributed by atoms with Gasteiger partial charge in [0.15, 0.2) is 0 Å². The minimum absolute atomic E-state index is 0. The molecule has 0 spiro atoms. The third-order valence-electron chi connectivity index (χ3n) is 2.63. The molecule has 3 nitrogen and oxygen atoms in total. The Kier molecular flexibility index (Phi) is 7.59. The van der Waals surface area contributed by atoms with Gasteiger partial charge in [0.1, 0.15) is 0 Å². The van der Waals surface area contributed by atoms with Gasteiger partial charge >= 0.3 is 5.97 Å². The van der Waals surface area contributed by atoms with Crippen LogP contribution in [0.4, 0.5) is 0 Å². The van der Waals surface area contributed by atoms with Crippen LogP contribution in [0.15, 0.2) is 24.3 Å². The molecule has 0 heterocycles. The summed E-state index contributed by atoms with van der Waals surface area (Å²) in [5.74, 6) is -0.311. The number of hydrogen-bond acceptors (Lipinski definition) is 3. The van der Waals surface area contributed by atoms with Gasteiger partial charge in [-0.15, -0.1) is 12.4 Å². The second-order valence-corrected chi connectivity index (χ2v) is 3.86. The largest absolute Gasteiger partial charge is 0.465 e. The van der Waals surface area contributed by atoms with Crippen LogP contribution in [0.5, 0.6) is 0 Å². The molecule has 0 aliphatic carbocycles. The lowest BCUT2D eigenvalue weighted by Crippen LogP contribution is -2.10. The highest BCUT2D eigenvalue weighted by molar-refractivity contribution is 5.89. The third-order valence-corrected chi connectivity index (χ3v) is 2.63. The molecular formula is C13H20ClNO2. The number of benzene rings is 1. The predicted molar refractivity (Wildman–Crippen MR) is 71.5 cm³/mol. The molecule has 0 amide bonds. The highest BCUT2D eigenvalue weighted by Crippen LogP contribution is 2.17. The maximum Gasteiger partial charge on any atom is 0.337 e. The molecule has 0 aliphatic rings. The van der Waals surface area contributed by atoms with E-state index in [0.717, 1.165) is 24.8 Å². The molecule has 0 aromatic heterocycles. The van der Waals surface area contributed by atoms with Crippen molar-refractivity contribution in [1.82, 2.24) is 0 Å². The SMILES string of the molecule is CCCC[C@H](N)c1ccc(C(=O)OC)cc1.Cl. The van der Waals surface area contributed by atoms with Crippen molar-refractivity contribution in [3.63, 3.8) is 0 Å². The van der Waals surface area contributed by atoms with Gasteiger partial charge in [-0.05, 0) is 24.1 Å². The summed E-state index contributed by atoms with van der Waals surface area (Å²) in [5.41, 5.74) is 7.66. The summed E-state index contributed by atoms with van der Waals surface area (Å²) in [6, 6.07) is 7.37. The van der Waals surface area contributed by atoms with Crippen LogP contribution < -0.4 is 5.73 Å². The van der Waals surface area contributed by atoms with Crippen molar-refractivity contribution in [3.8, 4) is 0 Å². The van der Waals surface area contributed by atoms with Crippen LogP contribution >= 0.6 is 12.4 Å². The molecule has 1 rings (SSSR count). The molecular weight excluding hydrogens is 238 g/mol. The summed E-state index contributed by atoms with van der Waals surface area (Å²) in [4.78, 5) is 11.2. The van der Waals surface area contributed by atoms with Gasteiger partial charge in [0.2, 0.25) is 0 Å². The summed E-state index contributed by atoms with van der Waals surface area (Å²) < 4.78 is 4.63. The predicted octanol–water partition coefficient (Wildman–Crippen LogP) is 3.09. The zero-order valence-corrected chi connectivity index (χ0v) is 11.1. The van der Waals surface area contributed by atoms with Gasteiger partial charge in [-0.25, -0.2) is 4.79 Å². The van der Waals surface area contributed by atoms with Gasteiger partial charge in [0.05, 0.1) is 12.7 Å². The number of halogens is 1. The van der Waals surface area contributed by atoms with Crippen LogP contribution in [-0.4, -0.2) is 13.1 Å². The first kappa shape index (κ1) is 15.9. The van der Waals surface area contributed by atoms with E-state index in [1.165, 1.54) is 7.11 Å². The normalized spacial score (nSPS) is 11.5. The quantitative estimate of drug-likeness (QED) is 0.825. The number of esters is 1. The molecule has 0 radical (unpaired) electrons. The molecule has 0 saturated heterocycles. The first-order valence-corrected chi connectivity index (χ1v) is 5.63. The van der Waals surface area contributed by atoms with E-state index in [1.807, 2.05) is 12.1 Å². The summed E-state index contributed by atoms with van der Waals surface area (Å²) in [6.45, 7) is 2.15. The van der Waals surface area contributed by atoms with Gasteiger partial charge in [-0.3, -0.25) is 0 Å². The van der Waals surface area contributed by atoms with Crippen LogP contribution in [0.1, 0.15) is 48.1 Å². The molecule has 1 aromatic carbocycles. The fraction of sp³-hybridized carbons (Fsp3) is 0.462. The zero-order chi connectivity index (χ0) is 12.0. The van der Waals surface area contributed by atoms with Crippen molar-refractivity contribution in [2.75, 3.05) is 7.11 Å². The number of unbranched alkanes of at least 4 members (excludes halogenated alkanes) is 1. The Morgan fingerprint density at radius 1 is 1.35 bits per heavy atom. The van der Waals surface area contributed by atoms with Crippen LogP contribution in [0.3, 0.4) is 0 Å². The van der Waals surface area contributed by atoms with E-state index in [2.05, 4.69) is 11.7 Å². The molecule has 17 heavy (non-hydrogen) atoms. The Labute approximate surface area is 109 Å². The Morgan fingerprint density at radius 3 is 2.41 bits per heavy atom. The first-order chi connectivity index (χ1) is 7.69. The van der Waals surface area contributed by atoms with E-state index >= 15 is 0 Å². The molecule has 4 heteroatoms. The van der Waals surface area contributed by atoms with Gasteiger partial charge in [-0.2, -0.15) is 0 Å². The Bertz CT molecular complexity index is 338. The van der Waals surface area contributed by atoms with E-state index in [0.29, 0.717) is 5.56 Å². The van der Waals surface area contributed by atoms with Crippen molar-refractivity contribution in [2.45, 2.75) is 32.2 Å². The van der Waals surface area contributed by atoms with Crippen molar-refractivity contribution in [3.05, 3.63) is 35.4 Å². The molecule has 0 saturated carbocycles. The van der Waals surface area contributed by atoms with Crippen LogP contribution in [-0.2, 0) is 4.74 Å². The smallest absolute Gasteiger partial charge is 0.337 e. The number of rotatable bonds is 5. The van der Waals surface area contributed by atoms with Crippen LogP contribution in [0.2, 0.25) is 0 Å². The van der Waals surface area contributed by atoms with E-state index in [9.17, 15) is 4.79 Å². The number of carbonyl (C=O) groups is 1. The number of nitrogens with two attached hydrogens (primary N) is 1. The van der Waals surface area contributed by atoms with Crippen LogP contribution in [0, 0.1) is 0 Å². The minimum Gasteiger partial charge on any atom is -0.465 e. The highest BCUT2D eigenvalue weighted by atomic mass is 35.5. The topological polar surface area (TPSA) is 52.3 Å². The highest BCUT2D eigenvalue weighted by Gasteiger charge is 2.08. The molecule has 0 fully saturated rings. The first-order valence-electron chi connectivity index (χ1n) is 5.63. The van der Waals surface area contributed by atoms with Gasteiger partial charge in [-0.1, -0.05) is 31.9 Å². The van der Waals surface area contributed by atoms with Gasteiger partial charge in [0.25, 0.3) is 0 Å². The molecule has 1 aromatic rings. The Hall–Kier alpha value is -1.06. The van der Waals surface area contributed by atoms with Gasteiger partial charge in [0, 0.05) is 6.04 Å². The summed E-state index contributed by atoms with van der Waals surface area (Å²) in [6.07, 6.45) is 3.25. The lowest BCUT2D eigenvalue weighted by molar-refractivity contribution is 0.0600. The maximum atomic E-state index is 11.2. The molecule has 2 N–H and O–H groups in total. The van der Waals surface area contributed by atoms with Crippen molar-refractivity contribution < 1.29 is 9.53 Å². The van der Waals surface area contributed by atoms with Crippen molar-refractivity contribution in [1.29, 1.82) is 0 Å². The van der Waals surface area contributed by atoms with Gasteiger partial charge < -0.3 is 10.5 Å². The number of hydrogen-bond donors (Lipinski definition) is 1. The monoisotopic (exact) mass is 257 g/mol. The zero-order valence-electron chi connectivity index (χ0n) is 10.3. The molecule has 0 unspecified atom stereocenters. The summed E-state index contributed by atoms with van der Waals surface area (Å²) in [7, 11) is 1.38. The lowest BCUT2D eigenvalue weighted by atomic mass is 10.0. The number of carbonyl (C=O) groups excluding carboxylic acids is 1. The number of methoxy groups -OCH3 is 1. The van der Waals surface area contributed by atoms with E-state index in [1.54, 1.807) is 12.1 Å². The third kappa shape index (κ3) is 4.75. The minimum atomic E-state index is -0.311. The molecule has 1 atom stereocenters. The maximum absolute atomic E-state index is 11.2. The molecule has 96 valence electrons. The fourth-order valence-electron chi connectivity index (χ4n) is 1.57. The standard InChI is InChI=1S/C13H19NO2.ClH/c1-3-4-5-12(14)10-6-8-11(9-7-10)13(15)16-2;/h6-9,12H,3-5,14H2,1-2H3;1H/t12-;/m0./s1. The second-order valence-electron chi connectivity index (χ2n) is 3.86. The van der Waals surface area contributed by atoms with Crippen molar-refractivity contribution in [2.24, 2.45) is 5.73 Å². The molecule has 0 aliphatic heterocycles. The average molecular weight is 258 g/mol.